The molecule has 162 valence electrons. The Kier molecular flexibility index (Phi) is 4.18. The molecular weight excluding hydrogens is 399 g/mol. The smallest absolute Gasteiger partial charge is 0.367 e. The zero-order valence-electron chi connectivity index (χ0n) is 19.6. The molecular formula is C30H29BN2. The van der Waals surface area contributed by atoms with Gasteiger partial charge in [-0.3, -0.25) is 0 Å². The van der Waals surface area contributed by atoms with Gasteiger partial charge in [0.15, 0.2) is 0 Å². The summed E-state index contributed by atoms with van der Waals surface area (Å²) in [6, 6.07) is 23.4. The van der Waals surface area contributed by atoms with Gasteiger partial charge in [0.25, 0.3) is 0 Å². The number of para-hydroxylation sites is 1. The van der Waals surface area contributed by atoms with E-state index in [4.69, 9.17) is 0 Å². The van der Waals surface area contributed by atoms with Gasteiger partial charge in [-0.15, -0.1) is 0 Å². The van der Waals surface area contributed by atoms with Crippen molar-refractivity contribution in [3.63, 3.8) is 0 Å². The van der Waals surface area contributed by atoms with Crippen molar-refractivity contribution in [2.75, 3.05) is 4.81 Å². The highest BCUT2D eigenvalue weighted by Crippen LogP contribution is 2.47. The molecule has 0 N–H and O–H groups in total. The first-order chi connectivity index (χ1) is 16.2. The minimum absolute atomic E-state index is 0.158. The predicted octanol–water partition coefficient (Wildman–Crippen LogP) is 6.14. The van der Waals surface area contributed by atoms with Crippen LogP contribution in [0.4, 0.5) is 11.4 Å². The van der Waals surface area contributed by atoms with Crippen LogP contribution in [0.1, 0.15) is 46.2 Å². The van der Waals surface area contributed by atoms with Crippen LogP contribution in [-0.4, -0.2) is 11.5 Å². The first-order valence-electron chi connectivity index (χ1n) is 12.5. The molecule has 0 saturated carbocycles. The molecule has 0 fully saturated rings. The third-order valence-corrected chi connectivity index (χ3v) is 8.15. The van der Waals surface area contributed by atoms with Crippen molar-refractivity contribution >= 4 is 23.8 Å². The molecule has 2 bridgehead atoms. The lowest BCUT2D eigenvalue weighted by Crippen LogP contribution is -2.56. The lowest BCUT2D eigenvalue weighted by molar-refractivity contribution is 0.798. The Morgan fingerprint density at radius 1 is 0.667 bits per heavy atom. The first-order valence-corrected chi connectivity index (χ1v) is 12.5. The predicted molar refractivity (Wildman–Crippen MR) is 139 cm³/mol. The second kappa shape index (κ2) is 7.15. The Morgan fingerprint density at radius 3 is 1.97 bits per heavy atom. The van der Waals surface area contributed by atoms with Crippen molar-refractivity contribution in [3.05, 3.63) is 100 Å². The fourth-order valence-corrected chi connectivity index (χ4v) is 6.74. The van der Waals surface area contributed by atoms with Crippen molar-refractivity contribution in [1.82, 2.24) is 4.48 Å². The van der Waals surface area contributed by atoms with E-state index < -0.39 is 0 Å². The number of nitrogens with zero attached hydrogens (tertiary/aromatic N) is 2. The largest absolute Gasteiger partial charge is 0.420 e. The average Bonchev–Trinajstić information content (AvgIpc) is 3.24. The molecule has 0 saturated heterocycles. The summed E-state index contributed by atoms with van der Waals surface area (Å²) in [5, 5.41) is 0. The van der Waals surface area contributed by atoms with Gasteiger partial charge in [-0.1, -0.05) is 48.5 Å². The van der Waals surface area contributed by atoms with Crippen molar-refractivity contribution in [3.8, 4) is 11.3 Å². The second-order valence-electron chi connectivity index (χ2n) is 10.1. The van der Waals surface area contributed by atoms with Crippen LogP contribution in [0.3, 0.4) is 0 Å². The molecule has 0 aliphatic carbocycles. The maximum Gasteiger partial charge on any atom is 0.420 e. The molecule has 2 nitrogen and oxygen atoms in total. The monoisotopic (exact) mass is 428 g/mol. The number of hydrogen-bond acceptors (Lipinski definition) is 1. The number of hydrogen-bond donors (Lipinski definition) is 0. The second-order valence-corrected chi connectivity index (χ2v) is 10.1. The van der Waals surface area contributed by atoms with Gasteiger partial charge in [-0.2, -0.15) is 0 Å². The molecule has 7 rings (SSSR count). The molecule has 3 heteroatoms. The van der Waals surface area contributed by atoms with E-state index in [1.165, 1.54) is 68.9 Å². The van der Waals surface area contributed by atoms with Crippen molar-refractivity contribution in [1.29, 1.82) is 0 Å². The first kappa shape index (κ1) is 19.3. The molecule has 3 aliphatic rings. The normalized spacial score (nSPS) is 15.9. The van der Waals surface area contributed by atoms with Gasteiger partial charge in [-0.25, -0.2) is 0 Å². The van der Waals surface area contributed by atoms with Gasteiger partial charge in [0, 0.05) is 22.6 Å². The lowest BCUT2D eigenvalue weighted by Gasteiger charge is -2.41. The number of benzene rings is 3. The minimum Gasteiger partial charge on any atom is -0.367 e. The SMILES string of the molecule is Cc1cccc2c1-c1c(C)ccn1B1c3c4cccc3CCCc3cccc(c3N12)CCC4. The number of aryl methyl sites for hydroxylation is 6. The van der Waals surface area contributed by atoms with E-state index in [1.807, 2.05) is 0 Å². The van der Waals surface area contributed by atoms with E-state index >= 15 is 0 Å². The summed E-state index contributed by atoms with van der Waals surface area (Å²) < 4.78 is 2.59. The molecule has 33 heavy (non-hydrogen) atoms. The van der Waals surface area contributed by atoms with Crippen LogP contribution in [0.2, 0.25) is 0 Å². The highest BCUT2D eigenvalue weighted by atomic mass is 15.2. The van der Waals surface area contributed by atoms with Gasteiger partial charge < -0.3 is 9.29 Å². The fourth-order valence-electron chi connectivity index (χ4n) is 6.74. The highest BCUT2D eigenvalue weighted by Gasteiger charge is 2.42. The maximum absolute atomic E-state index is 2.72. The van der Waals surface area contributed by atoms with Gasteiger partial charge in [-0.05, 0) is 110 Å². The summed E-state index contributed by atoms with van der Waals surface area (Å²) in [7, 11) is 0. The molecule has 0 amide bonds. The topological polar surface area (TPSA) is 8.17 Å². The van der Waals surface area contributed by atoms with Crippen LogP contribution < -0.4 is 10.3 Å². The summed E-state index contributed by atoms with van der Waals surface area (Å²) in [5.41, 5.74) is 16.0. The van der Waals surface area contributed by atoms with Gasteiger partial charge >= 0.3 is 6.98 Å². The summed E-state index contributed by atoms with van der Waals surface area (Å²) in [4.78, 5) is 2.72. The summed E-state index contributed by atoms with van der Waals surface area (Å²) in [6.07, 6.45) is 9.30. The molecule has 4 heterocycles. The zero-order valence-corrected chi connectivity index (χ0v) is 19.6. The lowest BCUT2D eigenvalue weighted by atomic mass is 9.58. The molecule has 0 unspecified atom stereocenters. The molecule has 1 aromatic heterocycles. The van der Waals surface area contributed by atoms with Gasteiger partial charge in [0.2, 0.25) is 0 Å². The van der Waals surface area contributed by atoms with E-state index in [2.05, 4.69) is 90.0 Å². The van der Waals surface area contributed by atoms with E-state index in [-0.39, 0.29) is 6.98 Å². The Balaban J connectivity index is 1.68. The third-order valence-electron chi connectivity index (χ3n) is 8.15. The van der Waals surface area contributed by atoms with Gasteiger partial charge in [0.1, 0.15) is 0 Å². The third kappa shape index (κ3) is 2.68. The summed E-state index contributed by atoms with van der Waals surface area (Å²) >= 11 is 0. The Labute approximate surface area is 197 Å². The zero-order chi connectivity index (χ0) is 22.1. The molecule has 0 radical (unpaired) electrons. The molecule has 0 spiro atoms. The van der Waals surface area contributed by atoms with E-state index in [9.17, 15) is 0 Å². The minimum atomic E-state index is 0.158. The highest BCUT2D eigenvalue weighted by molar-refractivity contribution is 6.78. The van der Waals surface area contributed by atoms with Crippen LogP contribution in [0.5, 0.6) is 0 Å². The van der Waals surface area contributed by atoms with Crippen molar-refractivity contribution < 1.29 is 0 Å². The van der Waals surface area contributed by atoms with Crippen LogP contribution in [-0.2, 0) is 25.7 Å². The van der Waals surface area contributed by atoms with Crippen LogP contribution in [0, 0.1) is 13.8 Å². The van der Waals surface area contributed by atoms with Crippen LogP contribution in [0.15, 0.2) is 66.9 Å². The summed E-state index contributed by atoms with van der Waals surface area (Å²) in [5.74, 6) is 0. The number of fused-ring (bicyclic) bond motifs is 3. The Hall–Kier alpha value is -3.20. The Bertz CT molecular complexity index is 1370. The van der Waals surface area contributed by atoms with Crippen molar-refractivity contribution in [2.24, 2.45) is 0 Å². The maximum atomic E-state index is 2.72. The van der Waals surface area contributed by atoms with Gasteiger partial charge in [0.05, 0.1) is 0 Å². The average molecular weight is 428 g/mol. The Morgan fingerprint density at radius 2 is 1.27 bits per heavy atom. The number of rotatable bonds is 0. The fraction of sp³-hybridized carbons (Fsp3) is 0.267. The quantitative estimate of drug-likeness (QED) is 0.305. The molecule has 3 aromatic carbocycles. The number of anilines is 2. The van der Waals surface area contributed by atoms with E-state index in [0.29, 0.717) is 0 Å². The van der Waals surface area contributed by atoms with Crippen LogP contribution >= 0.6 is 0 Å². The van der Waals surface area contributed by atoms with E-state index in [1.54, 1.807) is 5.46 Å². The van der Waals surface area contributed by atoms with E-state index in [0.717, 1.165) is 25.7 Å². The standard InChI is InChI=1S/C30H29BN2/c1-20-8-3-17-26-27(20)29-21(2)18-19-32(29)31-28-22-9-4-10-23(28)12-6-14-25-16-7-15-24(13-5-11-22)30(25)33(26)31/h3-4,7-10,15-19H,5-6,11-14H2,1-2H3. The number of aromatic nitrogens is 1. The van der Waals surface area contributed by atoms with Crippen LogP contribution in [0.25, 0.3) is 11.3 Å². The van der Waals surface area contributed by atoms with Crippen molar-refractivity contribution in [2.45, 2.75) is 52.4 Å². The molecule has 4 aromatic rings. The summed E-state index contributed by atoms with van der Waals surface area (Å²) in [6.45, 7) is 4.71. The molecule has 3 aliphatic heterocycles. The molecule has 0 atom stereocenters.